The number of ether oxygens (including phenoxy) is 2. The first-order chi connectivity index (χ1) is 16.2. The van der Waals surface area contributed by atoms with E-state index in [4.69, 9.17) is 9.47 Å². The van der Waals surface area contributed by atoms with Crippen molar-refractivity contribution in [3.63, 3.8) is 0 Å². The van der Waals surface area contributed by atoms with E-state index >= 15 is 0 Å². The number of nitrogens with one attached hydrogen (secondary N) is 2. The molecule has 186 valence electrons. The summed E-state index contributed by atoms with van der Waals surface area (Å²) in [4.78, 5) is 53.1. The fourth-order valence-corrected chi connectivity index (χ4v) is 4.93. The summed E-state index contributed by atoms with van der Waals surface area (Å²) in [6.07, 6.45) is 2.14. The van der Waals surface area contributed by atoms with Crippen LogP contribution in [0.1, 0.15) is 50.7 Å². The normalized spacial score (nSPS) is 23.8. The molecular weight excluding hydrogens is 438 g/mol. The third-order valence-electron chi connectivity index (χ3n) is 6.72. The highest BCUT2D eigenvalue weighted by molar-refractivity contribution is 5.96. The number of amides is 2. The molecule has 0 bridgehead atoms. The molecule has 2 N–H and O–H groups in total. The van der Waals surface area contributed by atoms with Gasteiger partial charge in [0.05, 0.1) is 13.2 Å². The maximum Gasteiger partial charge on any atom is 0.332 e. The Morgan fingerprint density at radius 3 is 2.50 bits per heavy atom. The van der Waals surface area contributed by atoms with Gasteiger partial charge in [-0.1, -0.05) is 29.8 Å². The number of nitrogens with zero attached hydrogens (tertiary/aromatic N) is 1. The lowest BCUT2D eigenvalue weighted by Gasteiger charge is -2.40. The van der Waals surface area contributed by atoms with Gasteiger partial charge in [0.1, 0.15) is 11.6 Å². The van der Waals surface area contributed by atoms with Gasteiger partial charge in [-0.3, -0.25) is 14.4 Å². The van der Waals surface area contributed by atoms with E-state index < -0.39 is 35.5 Å². The monoisotopic (exact) mass is 473 g/mol. The molecule has 9 nitrogen and oxygen atoms in total. The van der Waals surface area contributed by atoms with Crippen LogP contribution in [0.2, 0.25) is 0 Å². The molecule has 9 heteroatoms. The largest absolute Gasteiger partial charge is 0.467 e. The zero-order valence-electron chi connectivity index (χ0n) is 20.4. The van der Waals surface area contributed by atoms with Gasteiger partial charge < -0.3 is 25.0 Å². The minimum atomic E-state index is -1.20. The van der Waals surface area contributed by atoms with Crippen molar-refractivity contribution >= 4 is 23.8 Å². The van der Waals surface area contributed by atoms with Crippen LogP contribution in [-0.4, -0.2) is 72.6 Å². The van der Waals surface area contributed by atoms with Gasteiger partial charge in [-0.05, 0) is 51.6 Å². The second-order valence-corrected chi connectivity index (χ2v) is 9.23. The molecule has 1 aromatic rings. The number of hydrogen-bond acceptors (Lipinski definition) is 7. The topological polar surface area (TPSA) is 114 Å². The third-order valence-corrected chi connectivity index (χ3v) is 6.72. The number of rotatable bonds is 8. The predicted molar refractivity (Wildman–Crippen MR) is 125 cm³/mol. The second kappa shape index (κ2) is 11.0. The van der Waals surface area contributed by atoms with Gasteiger partial charge in [-0.2, -0.15) is 0 Å². The molecule has 0 saturated carbocycles. The first-order valence-corrected chi connectivity index (χ1v) is 11.8. The Labute approximate surface area is 200 Å². The highest BCUT2D eigenvalue weighted by Gasteiger charge is 2.52. The number of methoxy groups -OCH3 is 1. The van der Waals surface area contributed by atoms with E-state index in [9.17, 15) is 19.2 Å². The van der Waals surface area contributed by atoms with Gasteiger partial charge in [0.2, 0.25) is 11.8 Å². The Kier molecular flexibility index (Phi) is 8.30. The van der Waals surface area contributed by atoms with Crippen LogP contribution in [0.5, 0.6) is 0 Å². The molecule has 0 spiro atoms. The fraction of sp³-hybridized carbons (Fsp3) is 0.600. The Bertz CT molecular complexity index is 912. The molecule has 2 fully saturated rings. The van der Waals surface area contributed by atoms with Crippen molar-refractivity contribution in [1.82, 2.24) is 15.5 Å². The number of esters is 2. The maximum atomic E-state index is 13.9. The van der Waals surface area contributed by atoms with Gasteiger partial charge in [0, 0.05) is 19.9 Å². The van der Waals surface area contributed by atoms with Crippen molar-refractivity contribution in [3.05, 3.63) is 35.4 Å². The first-order valence-electron chi connectivity index (χ1n) is 11.8. The van der Waals surface area contributed by atoms with Crippen molar-refractivity contribution in [3.8, 4) is 0 Å². The summed E-state index contributed by atoms with van der Waals surface area (Å²) < 4.78 is 10.0. The van der Waals surface area contributed by atoms with E-state index in [0.29, 0.717) is 25.8 Å². The molecule has 0 aromatic heterocycles. The number of carbonyl (C=O) groups excluding carboxylic acids is 4. The minimum absolute atomic E-state index is 0.0973. The van der Waals surface area contributed by atoms with Crippen LogP contribution >= 0.6 is 0 Å². The lowest BCUT2D eigenvalue weighted by atomic mass is 9.85. The van der Waals surface area contributed by atoms with Crippen molar-refractivity contribution in [2.24, 2.45) is 0 Å². The second-order valence-electron chi connectivity index (χ2n) is 9.23. The molecule has 1 aromatic carbocycles. The summed E-state index contributed by atoms with van der Waals surface area (Å²) in [6.45, 7) is 5.97. The lowest BCUT2D eigenvalue weighted by Crippen LogP contribution is -2.64. The minimum Gasteiger partial charge on any atom is -0.467 e. The SMILES string of the molecule is COC(=O)[C@@H](NC(=O)[C@@]1(Cc2ccc(C)cc2)CCCN1C(=O)[C@@H]1CCCN1)[C@@H](C)OC(C)=O. The summed E-state index contributed by atoms with van der Waals surface area (Å²) in [7, 11) is 1.21. The number of benzene rings is 1. The predicted octanol–water partition coefficient (Wildman–Crippen LogP) is 1.26. The summed E-state index contributed by atoms with van der Waals surface area (Å²) in [6, 6.07) is 6.34. The van der Waals surface area contributed by atoms with Gasteiger partial charge in [-0.25, -0.2) is 4.79 Å². The molecule has 4 atom stereocenters. The maximum absolute atomic E-state index is 13.9. The molecule has 2 heterocycles. The van der Waals surface area contributed by atoms with E-state index in [1.165, 1.54) is 21.0 Å². The van der Waals surface area contributed by atoms with E-state index in [2.05, 4.69) is 10.6 Å². The average Bonchev–Trinajstić information content (AvgIpc) is 3.48. The molecule has 34 heavy (non-hydrogen) atoms. The summed E-state index contributed by atoms with van der Waals surface area (Å²) in [5, 5.41) is 5.99. The van der Waals surface area contributed by atoms with Crippen LogP contribution in [0.25, 0.3) is 0 Å². The quantitative estimate of drug-likeness (QED) is 0.547. The van der Waals surface area contributed by atoms with Crippen LogP contribution in [0.4, 0.5) is 0 Å². The molecule has 2 aliphatic rings. The van der Waals surface area contributed by atoms with E-state index in [1.54, 1.807) is 4.90 Å². The third kappa shape index (κ3) is 5.58. The molecule has 3 rings (SSSR count). The average molecular weight is 474 g/mol. The molecule has 2 amide bonds. The molecule has 0 radical (unpaired) electrons. The highest BCUT2D eigenvalue weighted by atomic mass is 16.6. The standard InChI is InChI=1S/C25H35N3O6/c1-16-8-10-19(11-9-16)15-25(12-6-14-28(25)22(30)20-7-5-13-26-20)24(32)27-21(23(31)33-4)17(2)34-18(3)29/h8-11,17,20-21,26H,5-7,12-15H2,1-4H3,(H,27,32)/t17-,20+,21+,25+/m1/s1. The molecule has 0 unspecified atom stereocenters. The van der Waals surface area contributed by atoms with Gasteiger partial charge in [0.15, 0.2) is 6.04 Å². The van der Waals surface area contributed by atoms with Gasteiger partial charge >= 0.3 is 11.9 Å². The summed E-state index contributed by atoms with van der Waals surface area (Å²) in [5.41, 5.74) is 0.846. The van der Waals surface area contributed by atoms with Crippen LogP contribution in [0, 0.1) is 6.92 Å². The number of hydrogen-bond donors (Lipinski definition) is 2. The highest BCUT2D eigenvalue weighted by Crippen LogP contribution is 2.35. The van der Waals surface area contributed by atoms with Crippen molar-refractivity contribution in [1.29, 1.82) is 0 Å². The number of carbonyl (C=O) groups is 4. The first kappa shape index (κ1) is 25.7. The van der Waals surface area contributed by atoms with Gasteiger partial charge in [0.25, 0.3) is 0 Å². The van der Waals surface area contributed by atoms with Crippen LogP contribution < -0.4 is 10.6 Å². The summed E-state index contributed by atoms with van der Waals surface area (Å²) >= 11 is 0. The zero-order chi connectivity index (χ0) is 24.9. The fourth-order valence-electron chi connectivity index (χ4n) is 4.93. The van der Waals surface area contributed by atoms with Crippen molar-refractivity contribution < 1.29 is 28.7 Å². The number of likely N-dealkylation sites (tertiary alicyclic amines) is 1. The molecular formula is C25H35N3O6. The molecule has 2 aliphatic heterocycles. The smallest absolute Gasteiger partial charge is 0.332 e. The Balaban J connectivity index is 1.95. The van der Waals surface area contributed by atoms with E-state index in [0.717, 1.165) is 30.5 Å². The summed E-state index contributed by atoms with van der Waals surface area (Å²) in [5.74, 6) is -1.85. The lowest BCUT2D eigenvalue weighted by molar-refractivity contribution is -0.158. The van der Waals surface area contributed by atoms with E-state index in [1.807, 2.05) is 31.2 Å². The Morgan fingerprint density at radius 2 is 1.91 bits per heavy atom. The number of aryl methyl sites for hydroxylation is 1. The molecule has 2 saturated heterocycles. The molecule has 0 aliphatic carbocycles. The van der Waals surface area contributed by atoms with Crippen molar-refractivity contribution in [2.75, 3.05) is 20.2 Å². The zero-order valence-corrected chi connectivity index (χ0v) is 20.4. The van der Waals surface area contributed by atoms with Crippen molar-refractivity contribution in [2.45, 2.75) is 76.6 Å². The van der Waals surface area contributed by atoms with Crippen LogP contribution in [-0.2, 0) is 35.1 Å². The van der Waals surface area contributed by atoms with E-state index in [-0.39, 0.29) is 11.9 Å². The Hall–Kier alpha value is -2.94. The van der Waals surface area contributed by atoms with Gasteiger partial charge in [-0.15, -0.1) is 0 Å². The van der Waals surface area contributed by atoms with Crippen LogP contribution in [0.3, 0.4) is 0 Å². The Morgan fingerprint density at radius 1 is 1.21 bits per heavy atom. The van der Waals surface area contributed by atoms with Crippen LogP contribution in [0.15, 0.2) is 24.3 Å².